The first-order chi connectivity index (χ1) is 16.2. The van der Waals surface area contributed by atoms with Gasteiger partial charge in [0.2, 0.25) is 0 Å². The molecule has 0 bridgehead atoms. The lowest BCUT2D eigenvalue weighted by Gasteiger charge is -2.37. The molecule has 1 fully saturated rings. The number of ether oxygens (including phenoxy) is 1. The minimum absolute atomic E-state index is 0.0491. The van der Waals surface area contributed by atoms with Gasteiger partial charge in [0, 0.05) is 13.2 Å². The zero-order valence-corrected chi connectivity index (χ0v) is 23.8. The smallest absolute Gasteiger partial charge is 0.114 e. The molecular formula is C28H56N2OS2. The highest BCUT2D eigenvalue weighted by atomic mass is 32.2. The Kier molecular flexibility index (Phi) is 21.4. The average molecular weight is 501 g/mol. The molecule has 196 valence electrons. The number of hydrogen-bond acceptors (Lipinski definition) is 4. The van der Waals surface area contributed by atoms with E-state index >= 15 is 0 Å². The third-order valence-electron chi connectivity index (χ3n) is 6.77. The van der Waals surface area contributed by atoms with Crippen molar-refractivity contribution in [3.05, 3.63) is 0 Å². The van der Waals surface area contributed by atoms with Crippen molar-refractivity contribution in [3.8, 4) is 0 Å². The van der Waals surface area contributed by atoms with E-state index in [0.29, 0.717) is 0 Å². The zero-order valence-electron chi connectivity index (χ0n) is 22.2. The number of thioether (sulfide) groups is 1. The second-order valence-corrected chi connectivity index (χ2v) is 12.1. The van der Waals surface area contributed by atoms with Crippen molar-refractivity contribution in [2.24, 2.45) is 0 Å². The molecule has 2 N–H and O–H groups in total. The Hall–Kier alpha value is 0.160. The van der Waals surface area contributed by atoms with E-state index in [0.717, 1.165) is 49.8 Å². The number of hydrogen-bond donors (Lipinski definition) is 2. The minimum atomic E-state index is 0.0491. The molecule has 0 aromatic heterocycles. The first-order valence-corrected chi connectivity index (χ1v) is 15.8. The highest BCUT2D eigenvalue weighted by Crippen LogP contribution is 2.38. The summed E-state index contributed by atoms with van der Waals surface area (Å²) in [5, 5.41) is 6.96. The van der Waals surface area contributed by atoms with Gasteiger partial charge in [0.05, 0.1) is 4.99 Å². The first kappa shape index (κ1) is 31.2. The van der Waals surface area contributed by atoms with E-state index in [4.69, 9.17) is 17.0 Å². The molecule has 1 heterocycles. The molecule has 0 amide bonds. The first-order valence-electron chi connectivity index (χ1n) is 14.4. The Labute approximate surface area is 216 Å². The largest absolute Gasteiger partial charge is 0.380 e. The van der Waals surface area contributed by atoms with Crippen LogP contribution in [0.4, 0.5) is 0 Å². The van der Waals surface area contributed by atoms with Gasteiger partial charge in [0.25, 0.3) is 0 Å². The van der Waals surface area contributed by atoms with Crippen molar-refractivity contribution in [1.29, 1.82) is 0 Å². The van der Waals surface area contributed by atoms with Gasteiger partial charge in [0.15, 0.2) is 0 Å². The van der Waals surface area contributed by atoms with Gasteiger partial charge in [-0.25, -0.2) is 0 Å². The van der Waals surface area contributed by atoms with Gasteiger partial charge >= 0.3 is 0 Å². The fourth-order valence-electron chi connectivity index (χ4n) is 4.65. The lowest BCUT2D eigenvalue weighted by Crippen LogP contribution is -2.37. The lowest BCUT2D eigenvalue weighted by molar-refractivity contribution is -0.0153. The van der Waals surface area contributed by atoms with E-state index < -0.39 is 0 Å². The molecule has 0 aromatic rings. The molecular weight excluding hydrogens is 444 g/mol. The normalized spacial score (nSPS) is 18.5. The molecule has 1 aliphatic heterocycles. The van der Waals surface area contributed by atoms with E-state index in [1.54, 1.807) is 0 Å². The van der Waals surface area contributed by atoms with Crippen molar-refractivity contribution in [2.75, 3.05) is 32.0 Å². The van der Waals surface area contributed by atoms with Crippen LogP contribution in [0.5, 0.6) is 0 Å². The molecule has 0 aliphatic carbocycles. The van der Waals surface area contributed by atoms with E-state index in [2.05, 4.69) is 17.6 Å². The maximum Gasteiger partial charge on any atom is 0.114 e. The molecule has 0 saturated carbocycles. The predicted molar refractivity (Wildman–Crippen MR) is 154 cm³/mol. The van der Waals surface area contributed by atoms with Crippen molar-refractivity contribution in [3.63, 3.8) is 0 Å². The minimum Gasteiger partial charge on any atom is -0.380 e. The van der Waals surface area contributed by atoms with Gasteiger partial charge in [-0.05, 0) is 64.3 Å². The van der Waals surface area contributed by atoms with Gasteiger partial charge in [-0.2, -0.15) is 0 Å². The lowest BCUT2D eigenvalue weighted by atomic mass is 10.0. The number of rotatable bonds is 23. The SMILES string of the molecule is CCCCCCCCCCCCCCCCNCCC1(SCCCNC(C)=S)CCCCO1. The third-order valence-corrected chi connectivity index (χ3v) is 8.46. The highest BCUT2D eigenvalue weighted by molar-refractivity contribution is 8.00. The number of nitrogens with one attached hydrogen (secondary N) is 2. The summed E-state index contributed by atoms with van der Waals surface area (Å²) < 4.78 is 6.30. The van der Waals surface area contributed by atoms with E-state index in [-0.39, 0.29) is 4.93 Å². The van der Waals surface area contributed by atoms with E-state index in [9.17, 15) is 0 Å². The van der Waals surface area contributed by atoms with Crippen LogP contribution < -0.4 is 10.6 Å². The maximum absolute atomic E-state index is 6.30. The van der Waals surface area contributed by atoms with Gasteiger partial charge in [0.1, 0.15) is 4.93 Å². The molecule has 5 heteroatoms. The van der Waals surface area contributed by atoms with Crippen LogP contribution >= 0.6 is 24.0 Å². The van der Waals surface area contributed by atoms with Gasteiger partial charge in [-0.3, -0.25) is 0 Å². The summed E-state index contributed by atoms with van der Waals surface area (Å²) in [7, 11) is 0. The van der Waals surface area contributed by atoms with Crippen molar-refractivity contribution in [2.45, 2.75) is 141 Å². The second kappa shape index (κ2) is 22.6. The van der Waals surface area contributed by atoms with Crippen molar-refractivity contribution in [1.82, 2.24) is 10.6 Å². The topological polar surface area (TPSA) is 33.3 Å². The monoisotopic (exact) mass is 500 g/mol. The van der Waals surface area contributed by atoms with Crippen molar-refractivity contribution >= 4 is 29.0 Å². The Balaban J connectivity index is 1.91. The molecule has 1 aliphatic rings. The van der Waals surface area contributed by atoms with Gasteiger partial charge in [-0.15, -0.1) is 11.8 Å². The van der Waals surface area contributed by atoms with Crippen molar-refractivity contribution < 1.29 is 4.74 Å². The summed E-state index contributed by atoms with van der Waals surface area (Å²) in [6, 6.07) is 0. The van der Waals surface area contributed by atoms with Crippen LogP contribution in [0.25, 0.3) is 0 Å². The van der Waals surface area contributed by atoms with Crippen LogP contribution in [0.1, 0.15) is 136 Å². The molecule has 1 atom stereocenters. The fourth-order valence-corrected chi connectivity index (χ4v) is 6.12. The Morgan fingerprint density at radius 3 is 1.94 bits per heavy atom. The summed E-state index contributed by atoms with van der Waals surface area (Å²) in [5.74, 6) is 1.15. The standard InChI is InChI=1S/C28H56N2OS2/c1-3-4-5-6-7-8-9-10-11-12-13-14-15-17-22-29-24-21-28(20-16-18-25-31-28)33-26-19-23-30-27(2)32/h29H,3-26H2,1-2H3,(H,30,32). The molecule has 3 nitrogen and oxygen atoms in total. The molecule has 33 heavy (non-hydrogen) atoms. The Morgan fingerprint density at radius 1 is 0.788 bits per heavy atom. The quantitative estimate of drug-likeness (QED) is 0.109. The summed E-state index contributed by atoms with van der Waals surface area (Å²) in [6.45, 7) is 8.42. The molecule has 0 radical (unpaired) electrons. The van der Waals surface area contributed by atoms with E-state index in [1.807, 2.05) is 18.7 Å². The summed E-state index contributed by atoms with van der Waals surface area (Å²) in [4.78, 5) is 0.948. The Bertz CT molecular complexity index is 442. The van der Waals surface area contributed by atoms with Crippen LogP contribution in [-0.2, 0) is 4.74 Å². The Morgan fingerprint density at radius 2 is 1.39 bits per heavy atom. The van der Waals surface area contributed by atoms with Crippen LogP contribution in [0.3, 0.4) is 0 Å². The average Bonchev–Trinajstić information content (AvgIpc) is 2.81. The summed E-state index contributed by atoms with van der Waals surface area (Å²) >= 11 is 7.14. The fraction of sp³-hybridized carbons (Fsp3) is 0.964. The van der Waals surface area contributed by atoms with Gasteiger partial charge in [-0.1, -0.05) is 103 Å². The van der Waals surface area contributed by atoms with Crippen LogP contribution in [0.15, 0.2) is 0 Å². The zero-order chi connectivity index (χ0) is 23.9. The van der Waals surface area contributed by atoms with Gasteiger partial charge < -0.3 is 15.4 Å². The highest BCUT2D eigenvalue weighted by Gasteiger charge is 2.32. The second-order valence-electron chi connectivity index (χ2n) is 10.00. The summed E-state index contributed by atoms with van der Waals surface area (Å²) in [6.07, 6.45) is 26.0. The molecule has 1 unspecified atom stereocenters. The van der Waals surface area contributed by atoms with Crippen LogP contribution in [-0.4, -0.2) is 41.9 Å². The maximum atomic E-state index is 6.30. The van der Waals surface area contributed by atoms with Crippen LogP contribution in [0.2, 0.25) is 0 Å². The molecule has 0 spiro atoms. The van der Waals surface area contributed by atoms with Crippen LogP contribution in [0, 0.1) is 0 Å². The predicted octanol–water partition coefficient (Wildman–Crippen LogP) is 8.40. The number of unbranched alkanes of at least 4 members (excludes halogenated alkanes) is 13. The molecule has 1 saturated heterocycles. The molecule has 1 rings (SSSR count). The number of thiocarbonyl (C=S) groups is 1. The molecule has 0 aromatic carbocycles. The summed E-state index contributed by atoms with van der Waals surface area (Å²) in [5.41, 5.74) is 0. The van der Waals surface area contributed by atoms with E-state index in [1.165, 1.54) is 109 Å². The third kappa shape index (κ3) is 19.1.